The fourth-order valence-corrected chi connectivity index (χ4v) is 1.16. The smallest absolute Gasteiger partial charge is 0.234 e. The van der Waals surface area contributed by atoms with Crippen molar-refractivity contribution < 1.29 is 4.74 Å². The number of anilines is 1. The van der Waals surface area contributed by atoms with Crippen molar-refractivity contribution in [2.45, 2.75) is 26.2 Å². The summed E-state index contributed by atoms with van der Waals surface area (Å²) in [6.07, 6.45) is 8.19. The molecular formula is C12H19N3O. The summed E-state index contributed by atoms with van der Waals surface area (Å²) in [5.41, 5.74) is 0. The van der Waals surface area contributed by atoms with Crippen LogP contribution in [0.2, 0.25) is 0 Å². The fourth-order valence-electron chi connectivity index (χ4n) is 1.16. The molecule has 0 spiro atoms. The van der Waals surface area contributed by atoms with Crippen molar-refractivity contribution in [1.82, 2.24) is 9.97 Å². The van der Waals surface area contributed by atoms with E-state index in [0.29, 0.717) is 12.5 Å². The van der Waals surface area contributed by atoms with Crippen LogP contribution < -0.4 is 10.1 Å². The Kier molecular flexibility index (Phi) is 5.99. The molecule has 88 valence electrons. The van der Waals surface area contributed by atoms with E-state index in [1.807, 2.05) is 6.08 Å². The van der Waals surface area contributed by atoms with E-state index in [0.717, 1.165) is 31.6 Å². The Morgan fingerprint density at radius 1 is 1.50 bits per heavy atom. The molecule has 0 aliphatic carbocycles. The van der Waals surface area contributed by atoms with Gasteiger partial charge >= 0.3 is 0 Å². The number of hydrogen-bond donors (Lipinski definition) is 1. The zero-order valence-electron chi connectivity index (χ0n) is 9.78. The number of hydrogen-bond acceptors (Lipinski definition) is 4. The number of allylic oxidation sites excluding steroid dienone is 1. The van der Waals surface area contributed by atoms with Gasteiger partial charge in [0.15, 0.2) is 0 Å². The standard InChI is InChI=1S/C12H19N3O/c1-3-5-6-8-16-12-10-13-9-11(15-12)14-7-4-2/h3,9-10H,1,4-8H2,2H3,(H,14,15). The first-order valence-corrected chi connectivity index (χ1v) is 5.66. The second kappa shape index (κ2) is 7.68. The lowest BCUT2D eigenvalue weighted by Crippen LogP contribution is -2.05. The minimum Gasteiger partial charge on any atom is -0.477 e. The van der Waals surface area contributed by atoms with Gasteiger partial charge < -0.3 is 10.1 Å². The molecule has 16 heavy (non-hydrogen) atoms. The van der Waals surface area contributed by atoms with Crippen LogP contribution in [0.3, 0.4) is 0 Å². The second-order valence-electron chi connectivity index (χ2n) is 3.45. The third kappa shape index (κ3) is 4.77. The summed E-state index contributed by atoms with van der Waals surface area (Å²) in [5.74, 6) is 1.34. The van der Waals surface area contributed by atoms with Crippen molar-refractivity contribution in [2.24, 2.45) is 0 Å². The maximum absolute atomic E-state index is 5.47. The van der Waals surface area contributed by atoms with Gasteiger partial charge in [-0.15, -0.1) is 6.58 Å². The van der Waals surface area contributed by atoms with Gasteiger partial charge in [0.1, 0.15) is 5.82 Å². The summed E-state index contributed by atoms with van der Waals surface area (Å²) in [4.78, 5) is 8.35. The largest absolute Gasteiger partial charge is 0.477 e. The van der Waals surface area contributed by atoms with Crippen LogP contribution in [0.5, 0.6) is 5.88 Å². The van der Waals surface area contributed by atoms with Crippen LogP contribution >= 0.6 is 0 Å². The number of rotatable bonds is 8. The van der Waals surface area contributed by atoms with Crippen molar-refractivity contribution in [3.63, 3.8) is 0 Å². The van der Waals surface area contributed by atoms with E-state index in [2.05, 4.69) is 28.8 Å². The third-order valence-electron chi connectivity index (χ3n) is 1.97. The summed E-state index contributed by atoms with van der Waals surface area (Å²) < 4.78 is 5.47. The van der Waals surface area contributed by atoms with Gasteiger partial charge in [-0.2, -0.15) is 4.98 Å². The molecule has 1 rings (SSSR count). The van der Waals surface area contributed by atoms with Crippen LogP contribution in [0, 0.1) is 0 Å². The Morgan fingerprint density at radius 3 is 3.12 bits per heavy atom. The van der Waals surface area contributed by atoms with Crippen LogP contribution in [-0.2, 0) is 0 Å². The lowest BCUT2D eigenvalue weighted by Gasteiger charge is -2.06. The average molecular weight is 221 g/mol. The molecule has 1 aromatic rings. The van der Waals surface area contributed by atoms with Crippen molar-refractivity contribution in [3.05, 3.63) is 25.0 Å². The molecule has 1 heterocycles. The first kappa shape index (κ1) is 12.5. The molecule has 0 aromatic carbocycles. The first-order chi connectivity index (χ1) is 7.86. The Balaban J connectivity index is 2.37. The number of nitrogens with zero attached hydrogens (tertiary/aromatic N) is 2. The van der Waals surface area contributed by atoms with E-state index in [9.17, 15) is 0 Å². The van der Waals surface area contributed by atoms with Gasteiger partial charge in [0.2, 0.25) is 5.88 Å². The molecule has 4 heteroatoms. The van der Waals surface area contributed by atoms with E-state index in [-0.39, 0.29) is 0 Å². The molecule has 0 unspecified atom stereocenters. The van der Waals surface area contributed by atoms with Gasteiger partial charge in [-0.1, -0.05) is 13.0 Å². The fraction of sp³-hybridized carbons (Fsp3) is 0.500. The van der Waals surface area contributed by atoms with E-state index >= 15 is 0 Å². The summed E-state index contributed by atoms with van der Waals surface area (Å²) in [6.45, 7) is 7.31. The summed E-state index contributed by atoms with van der Waals surface area (Å²) in [5, 5.41) is 3.17. The van der Waals surface area contributed by atoms with Crippen molar-refractivity contribution in [3.8, 4) is 5.88 Å². The predicted octanol–water partition coefficient (Wildman–Crippen LogP) is 2.64. The van der Waals surface area contributed by atoms with Crippen LogP contribution in [0.25, 0.3) is 0 Å². The molecule has 1 aromatic heterocycles. The molecule has 1 N–H and O–H groups in total. The van der Waals surface area contributed by atoms with E-state index < -0.39 is 0 Å². The van der Waals surface area contributed by atoms with Crippen molar-refractivity contribution in [2.75, 3.05) is 18.5 Å². The lowest BCUT2D eigenvalue weighted by molar-refractivity contribution is 0.299. The van der Waals surface area contributed by atoms with Gasteiger partial charge in [0.25, 0.3) is 0 Å². The normalized spacial score (nSPS) is 9.81. The minimum absolute atomic E-state index is 0.574. The first-order valence-electron chi connectivity index (χ1n) is 5.66. The zero-order valence-corrected chi connectivity index (χ0v) is 9.78. The Morgan fingerprint density at radius 2 is 2.38 bits per heavy atom. The van der Waals surface area contributed by atoms with Crippen LogP contribution in [0.15, 0.2) is 25.0 Å². The minimum atomic E-state index is 0.574. The molecule has 0 amide bonds. The highest BCUT2D eigenvalue weighted by molar-refractivity contribution is 5.32. The molecular weight excluding hydrogens is 202 g/mol. The Labute approximate surface area is 96.8 Å². The Bertz CT molecular complexity index is 315. The SMILES string of the molecule is C=CCCCOc1cncc(NCCC)n1. The maximum Gasteiger partial charge on any atom is 0.234 e. The molecule has 0 saturated carbocycles. The molecule has 0 aliphatic heterocycles. The molecule has 0 saturated heterocycles. The lowest BCUT2D eigenvalue weighted by atomic mass is 10.3. The van der Waals surface area contributed by atoms with E-state index in [1.54, 1.807) is 12.4 Å². The highest BCUT2D eigenvalue weighted by atomic mass is 16.5. The molecule has 0 radical (unpaired) electrons. The number of nitrogens with one attached hydrogen (secondary N) is 1. The molecule has 0 aliphatic rings. The molecule has 0 atom stereocenters. The molecule has 0 bridgehead atoms. The average Bonchev–Trinajstić information content (AvgIpc) is 2.33. The van der Waals surface area contributed by atoms with Gasteiger partial charge in [-0.05, 0) is 19.3 Å². The number of aromatic nitrogens is 2. The highest BCUT2D eigenvalue weighted by Crippen LogP contribution is 2.09. The van der Waals surface area contributed by atoms with E-state index in [4.69, 9.17) is 4.74 Å². The molecule has 4 nitrogen and oxygen atoms in total. The van der Waals surface area contributed by atoms with Gasteiger partial charge in [0.05, 0.1) is 19.0 Å². The zero-order chi connectivity index (χ0) is 11.6. The van der Waals surface area contributed by atoms with Gasteiger partial charge in [0, 0.05) is 6.54 Å². The summed E-state index contributed by atoms with van der Waals surface area (Å²) in [6, 6.07) is 0. The van der Waals surface area contributed by atoms with Crippen LogP contribution in [-0.4, -0.2) is 23.1 Å². The maximum atomic E-state index is 5.47. The molecule has 0 fully saturated rings. The number of ether oxygens (including phenoxy) is 1. The van der Waals surface area contributed by atoms with Crippen molar-refractivity contribution in [1.29, 1.82) is 0 Å². The summed E-state index contributed by atoms with van der Waals surface area (Å²) in [7, 11) is 0. The quantitative estimate of drug-likeness (QED) is 0.541. The van der Waals surface area contributed by atoms with Gasteiger partial charge in [-0.3, -0.25) is 4.98 Å². The second-order valence-corrected chi connectivity index (χ2v) is 3.45. The van der Waals surface area contributed by atoms with Crippen molar-refractivity contribution >= 4 is 5.82 Å². The van der Waals surface area contributed by atoms with E-state index in [1.165, 1.54) is 0 Å². The highest BCUT2D eigenvalue weighted by Gasteiger charge is 1.98. The van der Waals surface area contributed by atoms with Crippen LogP contribution in [0.4, 0.5) is 5.82 Å². The summed E-state index contributed by atoms with van der Waals surface area (Å²) >= 11 is 0. The third-order valence-corrected chi connectivity index (χ3v) is 1.97. The predicted molar refractivity (Wildman–Crippen MR) is 65.7 cm³/mol. The van der Waals surface area contributed by atoms with Crippen LogP contribution in [0.1, 0.15) is 26.2 Å². The monoisotopic (exact) mass is 221 g/mol. The van der Waals surface area contributed by atoms with Gasteiger partial charge in [-0.25, -0.2) is 0 Å². The topological polar surface area (TPSA) is 47.0 Å². The number of unbranched alkanes of at least 4 members (excludes halogenated alkanes) is 1. The Hall–Kier alpha value is -1.58.